The zero-order valence-electron chi connectivity index (χ0n) is 19.8. The SMILES string of the molecule is CC(C)(C)OC(=O)N1CCC(O)C1C(=O)NCc1cc(-c2ccc(C(F)(F)F)nc2)ncc1C(N)=O. The molecule has 2 aromatic rings. The van der Waals surface area contributed by atoms with Crippen molar-refractivity contribution in [1.82, 2.24) is 20.2 Å². The van der Waals surface area contributed by atoms with Crippen LogP contribution in [0, 0.1) is 0 Å². The second-order valence-corrected chi connectivity index (χ2v) is 9.21. The van der Waals surface area contributed by atoms with E-state index < -0.39 is 47.5 Å². The summed E-state index contributed by atoms with van der Waals surface area (Å²) in [7, 11) is 0. The van der Waals surface area contributed by atoms with Gasteiger partial charge >= 0.3 is 12.3 Å². The standard InChI is InChI=1S/C23H26F3N5O5/c1-22(2,3)36-21(35)31-7-6-16(32)18(31)20(34)30-10-13-8-15(28-11-14(13)19(27)33)12-4-5-17(29-9-12)23(24,25)26/h4-5,8-9,11,16,18,32H,6-7,10H2,1-3H3,(H2,27,33)(H,30,34). The summed E-state index contributed by atoms with van der Waals surface area (Å²) in [6.45, 7) is 4.90. The summed E-state index contributed by atoms with van der Waals surface area (Å²) in [6.07, 6.45) is -4.17. The van der Waals surface area contributed by atoms with Crippen molar-refractivity contribution in [3.8, 4) is 11.3 Å². The van der Waals surface area contributed by atoms with Gasteiger partial charge in [0.15, 0.2) is 0 Å². The number of aromatic nitrogens is 2. The third-order valence-electron chi connectivity index (χ3n) is 5.32. The number of amides is 3. The van der Waals surface area contributed by atoms with Crippen molar-refractivity contribution in [2.75, 3.05) is 6.54 Å². The molecule has 3 heterocycles. The number of ether oxygens (including phenoxy) is 1. The van der Waals surface area contributed by atoms with Gasteiger partial charge in [0.25, 0.3) is 5.91 Å². The zero-order chi connectivity index (χ0) is 26.8. The van der Waals surface area contributed by atoms with Gasteiger partial charge in [-0.15, -0.1) is 0 Å². The Morgan fingerprint density at radius 1 is 1.19 bits per heavy atom. The van der Waals surface area contributed by atoms with Gasteiger partial charge in [0.1, 0.15) is 17.3 Å². The van der Waals surface area contributed by atoms with Gasteiger partial charge in [0.2, 0.25) is 5.91 Å². The number of aliphatic hydroxyl groups is 1. The van der Waals surface area contributed by atoms with E-state index in [9.17, 15) is 32.7 Å². The third kappa shape index (κ3) is 6.27. The number of nitrogens with one attached hydrogen (secondary N) is 1. The van der Waals surface area contributed by atoms with Crippen LogP contribution in [0.3, 0.4) is 0 Å². The van der Waals surface area contributed by atoms with Crippen LogP contribution < -0.4 is 11.1 Å². The van der Waals surface area contributed by atoms with Gasteiger partial charge in [-0.25, -0.2) is 4.79 Å². The average Bonchev–Trinajstić information content (AvgIpc) is 3.17. The number of pyridine rings is 2. The topological polar surface area (TPSA) is 148 Å². The van der Waals surface area contributed by atoms with Crippen LogP contribution >= 0.6 is 0 Å². The first-order valence-corrected chi connectivity index (χ1v) is 10.9. The number of hydrogen-bond acceptors (Lipinski definition) is 7. The van der Waals surface area contributed by atoms with Crippen molar-refractivity contribution >= 4 is 17.9 Å². The predicted octanol–water partition coefficient (Wildman–Crippen LogP) is 2.25. The molecule has 1 aliphatic heterocycles. The van der Waals surface area contributed by atoms with E-state index in [1.807, 2.05) is 0 Å². The van der Waals surface area contributed by atoms with Crippen LogP contribution in [0.5, 0.6) is 0 Å². The maximum Gasteiger partial charge on any atom is 0.433 e. The number of nitrogens with two attached hydrogens (primary N) is 1. The summed E-state index contributed by atoms with van der Waals surface area (Å²) in [4.78, 5) is 45.9. The minimum absolute atomic E-state index is 0.0186. The molecule has 36 heavy (non-hydrogen) atoms. The maximum atomic E-state index is 12.9. The Kier molecular flexibility index (Phi) is 7.53. The zero-order valence-corrected chi connectivity index (χ0v) is 19.8. The van der Waals surface area contributed by atoms with E-state index in [-0.39, 0.29) is 41.9 Å². The fraction of sp³-hybridized carbons (Fsp3) is 0.435. The number of alkyl halides is 3. The molecule has 0 aliphatic carbocycles. The molecule has 0 saturated carbocycles. The first-order chi connectivity index (χ1) is 16.7. The van der Waals surface area contributed by atoms with Crippen LogP contribution in [-0.2, 0) is 22.3 Å². The number of carbonyl (C=O) groups is 3. The number of carbonyl (C=O) groups excluding carboxylic acids is 3. The Hall–Kier alpha value is -3.74. The lowest BCUT2D eigenvalue weighted by atomic mass is 10.0. The molecule has 3 amide bonds. The molecule has 3 rings (SSSR count). The fourth-order valence-corrected chi connectivity index (χ4v) is 3.64. The van der Waals surface area contributed by atoms with Crippen LogP contribution in [0.25, 0.3) is 11.3 Å². The number of rotatable bonds is 5. The molecule has 0 bridgehead atoms. The molecule has 4 N–H and O–H groups in total. The van der Waals surface area contributed by atoms with Crippen molar-refractivity contribution in [1.29, 1.82) is 0 Å². The van der Waals surface area contributed by atoms with Crippen molar-refractivity contribution in [3.63, 3.8) is 0 Å². The Balaban J connectivity index is 1.80. The molecule has 1 aliphatic rings. The quantitative estimate of drug-likeness (QED) is 0.560. The van der Waals surface area contributed by atoms with Gasteiger partial charge in [-0.1, -0.05) is 0 Å². The lowest BCUT2D eigenvalue weighted by Crippen LogP contribution is -2.51. The summed E-state index contributed by atoms with van der Waals surface area (Å²) in [5.74, 6) is -1.52. The van der Waals surface area contributed by atoms with Crippen molar-refractivity contribution in [3.05, 3.63) is 47.4 Å². The van der Waals surface area contributed by atoms with Crippen LogP contribution in [-0.4, -0.2) is 62.2 Å². The van der Waals surface area contributed by atoms with E-state index in [0.717, 1.165) is 23.4 Å². The first-order valence-electron chi connectivity index (χ1n) is 10.9. The van der Waals surface area contributed by atoms with Crippen molar-refractivity contribution in [2.45, 2.75) is 57.7 Å². The largest absolute Gasteiger partial charge is 0.444 e. The predicted molar refractivity (Wildman–Crippen MR) is 120 cm³/mol. The third-order valence-corrected chi connectivity index (χ3v) is 5.32. The smallest absolute Gasteiger partial charge is 0.433 e. The molecule has 0 radical (unpaired) electrons. The fourth-order valence-electron chi connectivity index (χ4n) is 3.64. The highest BCUT2D eigenvalue weighted by molar-refractivity contribution is 5.94. The van der Waals surface area contributed by atoms with Crippen molar-refractivity contribution < 1.29 is 37.4 Å². The molecule has 2 aromatic heterocycles. The van der Waals surface area contributed by atoms with Gasteiger partial charge in [0.05, 0.1) is 17.4 Å². The van der Waals surface area contributed by atoms with Gasteiger partial charge in [-0.2, -0.15) is 13.2 Å². The van der Waals surface area contributed by atoms with Crippen LogP contribution in [0.1, 0.15) is 48.8 Å². The first kappa shape index (κ1) is 26.9. The Morgan fingerprint density at radius 3 is 2.44 bits per heavy atom. The second-order valence-electron chi connectivity index (χ2n) is 9.21. The Morgan fingerprint density at radius 2 is 1.89 bits per heavy atom. The van der Waals surface area contributed by atoms with E-state index in [0.29, 0.717) is 0 Å². The highest BCUT2D eigenvalue weighted by Gasteiger charge is 2.42. The molecule has 1 fully saturated rings. The summed E-state index contributed by atoms with van der Waals surface area (Å²) < 4.78 is 43.7. The minimum atomic E-state index is -4.60. The molecule has 0 aromatic carbocycles. The lowest BCUT2D eigenvalue weighted by Gasteiger charge is -2.28. The summed E-state index contributed by atoms with van der Waals surface area (Å²) in [5, 5.41) is 12.9. The van der Waals surface area contributed by atoms with Crippen LogP contribution in [0.15, 0.2) is 30.6 Å². The highest BCUT2D eigenvalue weighted by Crippen LogP contribution is 2.29. The normalized spacial score (nSPS) is 18.1. The molecule has 194 valence electrons. The lowest BCUT2D eigenvalue weighted by molar-refractivity contribution is -0.141. The van der Waals surface area contributed by atoms with E-state index in [2.05, 4.69) is 15.3 Å². The van der Waals surface area contributed by atoms with E-state index >= 15 is 0 Å². The molecule has 1 saturated heterocycles. The second kappa shape index (κ2) is 10.1. The number of likely N-dealkylation sites (tertiary alicyclic amines) is 1. The molecular formula is C23H26F3N5O5. The maximum absolute atomic E-state index is 12.9. The number of nitrogens with zero attached hydrogens (tertiary/aromatic N) is 3. The van der Waals surface area contributed by atoms with Gasteiger partial charge in [-0.05, 0) is 51.0 Å². The average molecular weight is 509 g/mol. The Bertz CT molecular complexity index is 1150. The molecule has 10 nitrogen and oxygen atoms in total. The molecule has 2 atom stereocenters. The van der Waals surface area contributed by atoms with E-state index in [1.165, 1.54) is 12.1 Å². The molecule has 0 spiro atoms. The van der Waals surface area contributed by atoms with Gasteiger partial charge in [-0.3, -0.25) is 24.5 Å². The number of aliphatic hydroxyl groups excluding tert-OH is 1. The van der Waals surface area contributed by atoms with Crippen molar-refractivity contribution in [2.24, 2.45) is 5.73 Å². The Labute approximate surface area is 204 Å². The van der Waals surface area contributed by atoms with Gasteiger partial charge < -0.3 is 20.9 Å². The molecule has 13 heteroatoms. The number of primary amides is 1. The van der Waals surface area contributed by atoms with E-state index in [4.69, 9.17) is 10.5 Å². The highest BCUT2D eigenvalue weighted by atomic mass is 19.4. The monoisotopic (exact) mass is 509 g/mol. The number of hydrogen-bond donors (Lipinski definition) is 3. The summed E-state index contributed by atoms with van der Waals surface area (Å²) >= 11 is 0. The number of halogens is 3. The van der Waals surface area contributed by atoms with Crippen LogP contribution in [0.2, 0.25) is 0 Å². The van der Waals surface area contributed by atoms with E-state index in [1.54, 1.807) is 20.8 Å². The summed E-state index contributed by atoms with van der Waals surface area (Å²) in [5.41, 5.74) is 4.18. The molecule has 2 unspecified atom stereocenters. The molecular weight excluding hydrogens is 483 g/mol. The minimum Gasteiger partial charge on any atom is -0.444 e. The van der Waals surface area contributed by atoms with Crippen LogP contribution in [0.4, 0.5) is 18.0 Å². The summed E-state index contributed by atoms with van der Waals surface area (Å²) in [6, 6.07) is 2.16. The van der Waals surface area contributed by atoms with Gasteiger partial charge in [0, 0.05) is 31.0 Å².